The Morgan fingerprint density at radius 1 is 1.50 bits per heavy atom. The molecular formula is C14H14N4OS. The molecule has 1 amide bonds. The third-order valence-electron chi connectivity index (χ3n) is 3.10. The number of carbonyl (C=O) groups is 1. The Morgan fingerprint density at radius 2 is 2.35 bits per heavy atom. The van der Waals surface area contributed by atoms with Gasteiger partial charge in [-0.3, -0.25) is 4.79 Å². The molecule has 1 unspecified atom stereocenters. The number of hydrogen-bond acceptors (Lipinski definition) is 4. The molecule has 102 valence electrons. The third kappa shape index (κ3) is 2.25. The average Bonchev–Trinajstić information content (AvgIpc) is 3.08. The second kappa shape index (κ2) is 4.97. The van der Waals surface area contributed by atoms with E-state index in [0.29, 0.717) is 11.4 Å². The van der Waals surface area contributed by atoms with Crippen LogP contribution in [0.2, 0.25) is 0 Å². The van der Waals surface area contributed by atoms with Gasteiger partial charge in [-0.15, -0.1) is 11.3 Å². The van der Waals surface area contributed by atoms with E-state index >= 15 is 0 Å². The molecule has 0 radical (unpaired) electrons. The monoisotopic (exact) mass is 286 g/mol. The van der Waals surface area contributed by atoms with Crippen molar-refractivity contribution in [3.8, 4) is 0 Å². The van der Waals surface area contributed by atoms with Gasteiger partial charge in [-0.1, -0.05) is 12.1 Å². The summed E-state index contributed by atoms with van der Waals surface area (Å²) in [4.78, 5) is 19.5. The zero-order valence-electron chi connectivity index (χ0n) is 10.9. The lowest BCUT2D eigenvalue weighted by molar-refractivity contribution is 0.0935. The second-order valence-electron chi connectivity index (χ2n) is 4.56. The molecule has 1 aromatic carbocycles. The van der Waals surface area contributed by atoms with Crippen LogP contribution in [0.3, 0.4) is 0 Å². The molecule has 0 fully saturated rings. The first-order valence-corrected chi connectivity index (χ1v) is 7.10. The highest BCUT2D eigenvalue weighted by Gasteiger charge is 2.15. The first kappa shape index (κ1) is 12.7. The van der Waals surface area contributed by atoms with Crippen LogP contribution in [0, 0.1) is 0 Å². The first-order valence-electron chi connectivity index (χ1n) is 6.22. The first-order chi connectivity index (χ1) is 9.65. The van der Waals surface area contributed by atoms with E-state index < -0.39 is 0 Å². The summed E-state index contributed by atoms with van der Waals surface area (Å²) in [6.07, 6.45) is 1.73. The van der Waals surface area contributed by atoms with Gasteiger partial charge in [-0.2, -0.15) is 0 Å². The molecular weight excluding hydrogens is 272 g/mol. The lowest BCUT2D eigenvalue weighted by Crippen LogP contribution is -2.26. The van der Waals surface area contributed by atoms with Crippen LogP contribution in [0.25, 0.3) is 10.9 Å². The molecule has 2 heterocycles. The maximum absolute atomic E-state index is 12.2. The van der Waals surface area contributed by atoms with Crippen LogP contribution in [-0.4, -0.2) is 15.9 Å². The van der Waals surface area contributed by atoms with Crippen LogP contribution in [0.5, 0.6) is 0 Å². The third-order valence-corrected chi connectivity index (χ3v) is 4.06. The van der Waals surface area contributed by atoms with Gasteiger partial charge in [0.2, 0.25) is 0 Å². The molecule has 0 bridgehead atoms. The fourth-order valence-electron chi connectivity index (χ4n) is 2.09. The highest BCUT2D eigenvalue weighted by molar-refractivity contribution is 7.09. The number of anilines is 1. The summed E-state index contributed by atoms with van der Waals surface area (Å²) in [5.74, 6) is -0.164. The number of thiazole rings is 1. The number of nitrogen functional groups attached to an aromatic ring is 1. The molecule has 0 aliphatic heterocycles. The SMILES string of the molecule is CC(NC(=O)c1cc2cccc(N)c2[nH]1)c1nccs1. The second-order valence-corrected chi connectivity index (χ2v) is 5.49. The smallest absolute Gasteiger partial charge is 0.268 e. The summed E-state index contributed by atoms with van der Waals surface area (Å²) in [5, 5.41) is 6.62. The minimum Gasteiger partial charge on any atom is -0.397 e. The van der Waals surface area contributed by atoms with E-state index in [1.54, 1.807) is 18.3 Å². The normalized spacial score (nSPS) is 12.4. The molecule has 3 rings (SSSR count). The van der Waals surface area contributed by atoms with Crippen molar-refractivity contribution >= 4 is 33.8 Å². The van der Waals surface area contributed by atoms with Gasteiger partial charge in [-0.25, -0.2) is 4.98 Å². The van der Waals surface area contributed by atoms with E-state index in [-0.39, 0.29) is 11.9 Å². The van der Waals surface area contributed by atoms with Gasteiger partial charge >= 0.3 is 0 Å². The molecule has 20 heavy (non-hydrogen) atoms. The van der Waals surface area contributed by atoms with Crippen molar-refractivity contribution in [3.63, 3.8) is 0 Å². The van der Waals surface area contributed by atoms with E-state index in [0.717, 1.165) is 15.9 Å². The Balaban J connectivity index is 1.84. The molecule has 0 aliphatic carbocycles. The molecule has 6 heteroatoms. The predicted molar refractivity (Wildman–Crippen MR) is 80.7 cm³/mol. The van der Waals surface area contributed by atoms with E-state index in [1.807, 2.05) is 24.4 Å². The van der Waals surface area contributed by atoms with Gasteiger partial charge in [-0.05, 0) is 19.1 Å². The van der Waals surface area contributed by atoms with E-state index in [9.17, 15) is 4.79 Å². The molecule has 0 spiro atoms. The summed E-state index contributed by atoms with van der Waals surface area (Å²) in [7, 11) is 0. The van der Waals surface area contributed by atoms with Crippen molar-refractivity contribution in [1.82, 2.24) is 15.3 Å². The van der Waals surface area contributed by atoms with Gasteiger partial charge < -0.3 is 16.0 Å². The van der Waals surface area contributed by atoms with Crippen LogP contribution in [0.15, 0.2) is 35.8 Å². The largest absolute Gasteiger partial charge is 0.397 e. The maximum atomic E-state index is 12.2. The Kier molecular flexibility index (Phi) is 3.15. The number of benzene rings is 1. The summed E-state index contributed by atoms with van der Waals surface area (Å²) in [5.41, 5.74) is 7.80. The molecule has 2 aromatic heterocycles. The number of amides is 1. The molecule has 5 nitrogen and oxygen atoms in total. The standard InChI is InChI=1S/C14H14N4OS/c1-8(14-16-5-6-20-14)17-13(19)11-7-9-3-2-4-10(15)12(9)18-11/h2-8,18H,15H2,1H3,(H,17,19). The van der Waals surface area contributed by atoms with E-state index in [1.165, 1.54) is 11.3 Å². The Bertz CT molecular complexity index is 748. The summed E-state index contributed by atoms with van der Waals surface area (Å²) >= 11 is 1.52. The van der Waals surface area contributed by atoms with E-state index in [2.05, 4.69) is 15.3 Å². The number of carbonyl (C=O) groups excluding carboxylic acids is 1. The number of nitrogens with zero attached hydrogens (tertiary/aromatic N) is 1. The number of fused-ring (bicyclic) bond motifs is 1. The van der Waals surface area contributed by atoms with Crippen LogP contribution < -0.4 is 11.1 Å². The highest BCUT2D eigenvalue weighted by atomic mass is 32.1. The summed E-state index contributed by atoms with van der Waals surface area (Å²) < 4.78 is 0. The fraction of sp³-hybridized carbons (Fsp3) is 0.143. The van der Waals surface area contributed by atoms with Gasteiger partial charge in [0, 0.05) is 17.0 Å². The molecule has 0 saturated heterocycles. The fourth-order valence-corrected chi connectivity index (χ4v) is 2.73. The van der Waals surface area contributed by atoms with Crippen LogP contribution in [-0.2, 0) is 0 Å². The number of hydrogen-bond donors (Lipinski definition) is 3. The molecule has 1 atom stereocenters. The Labute approximate surface area is 119 Å². The van der Waals surface area contributed by atoms with Crippen molar-refractivity contribution in [2.24, 2.45) is 0 Å². The topological polar surface area (TPSA) is 83.8 Å². The number of aromatic amines is 1. The highest BCUT2D eigenvalue weighted by Crippen LogP contribution is 2.22. The van der Waals surface area contributed by atoms with Crippen molar-refractivity contribution < 1.29 is 4.79 Å². The minimum absolute atomic E-state index is 0.119. The zero-order chi connectivity index (χ0) is 14.1. The summed E-state index contributed by atoms with van der Waals surface area (Å²) in [6.45, 7) is 1.91. The van der Waals surface area contributed by atoms with Crippen molar-refractivity contribution in [3.05, 3.63) is 46.5 Å². The molecule has 0 aliphatic rings. The van der Waals surface area contributed by atoms with Crippen LogP contribution >= 0.6 is 11.3 Å². The molecule has 0 saturated carbocycles. The molecule has 4 N–H and O–H groups in total. The zero-order valence-corrected chi connectivity index (χ0v) is 11.7. The van der Waals surface area contributed by atoms with Gasteiger partial charge in [0.05, 0.1) is 17.2 Å². The maximum Gasteiger partial charge on any atom is 0.268 e. The summed E-state index contributed by atoms with van der Waals surface area (Å²) in [6, 6.07) is 7.27. The number of nitrogens with two attached hydrogens (primary N) is 1. The van der Waals surface area contributed by atoms with Crippen molar-refractivity contribution in [1.29, 1.82) is 0 Å². The van der Waals surface area contributed by atoms with Crippen molar-refractivity contribution in [2.45, 2.75) is 13.0 Å². The van der Waals surface area contributed by atoms with Crippen LogP contribution in [0.1, 0.15) is 28.5 Å². The van der Waals surface area contributed by atoms with Gasteiger partial charge in [0.25, 0.3) is 5.91 Å². The van der Waals surface area contributed by atoms with E-state index in [4.69, 9.17) is 5.73 Å². The number of nitrogens with one attached hydrogen (secondary N) is 2. The minimum atomic E-state index is -0.164. The predicted octanol–water partition coefficient (Wildman–Crippen LogP) is 2.70. The number of H-pyrrole nitrogens is 1. The quantitative estimate of drug-likeness (QED) is 0.647. The number of aromatic nitrogens is 2. The molecule has 3 aromatic rings. The number of para-hydroxylation sites is 1. The number of rotatable bonds is 3. The Hall–Kier alpha value is -2.34. The average molecular weight is 286 g/mol. The van der Waals surface area contributed by atoms with Gasteiger partial charge in [0.1, 0.15) is 10.7 Å². The van der Waals surface area contributed by atoms with Crippen LogP contribution in [0.4, 0.5) is 5.69 Å². The van der Waals surface area contributed by atoms with Crippen molar-refractivity contribution in [2.75, 3.05) is 5.73 Å². The lowest BCUT2D eigenvalue weighted by Gasteiger charge is -2.09. The Morgan fingerprint density at radius 3 is 3.05 bits per heavy atom. The lowest BCUT2D eigenvalue weighted by atomic mass is 10.2. The van der Waals surface area contributed by atoms with Gasteiger partial charge in [0.15, 0.2) is 0 Å².